The minimum absolute atomic E-state index is 0.0628. The highest BCUT2D eigenvalue weighted by molar-refractivity contribution is 6.30. The van der Waals surface area contributed by atoms with Gasteiger partial charge in [-0.3, -0.25) is 19.3 Å². The maximum absolute atomic E-state index is 14.2. The number of hydrogen-bond donors (Lipinski definition) is 1. The van der Waals surface area contributed by atoms with Gasteiger partial charge in [0, 0.05) is 50.0 Å². The Hall–Kier alpha value is -3.14. The molecule has 3 heterocycles. The number of amides is 3. The summed E-state index contributed by atoms with van der Waals surface area (Å²) in [5.74, 6) is -0.714. The third-order valence-electron chi connectivity index (χ3n) is 8.04. The van der Waals surface area contributed by atoms with E-state index in [0.29, 0.717) is 63.7 Å². The van der Waals surface area contributed by atoms with Crippen molar-refractivity contribution in [2.45, 2.75) is 31.0 Å². The molecule has 2 N–H and O–H groups in total. The number of nitrogens with two attached hydrogens (primary N) is 1. The summed E-state index contributed by atoms with van der Waals surface area (Å²) in [5.41, 5.74) is 6.80. The van der Waals surface area contributed by atoms with Crippen LogP contribution in [0.3, 0.4) is 0 Å². The highest BCUT2D eigenvalue weighted by Gasteiger charge is 2.60. The van der Waals surface area contributed by atoms with E-state index >= 15 is 0 Å². The van der Waals surface area contributed by atoms with Gasteiger partial charge in [0.05, 0.1) is 19.6 Å². The molecule has 2 aromatic carbocycles. The third kappa shape index (κ3) is 5.76. The number of likely N-dealkylation sites (tertiary alicyclic amines) is 1. The number of carbonyl (C=O) groups is 3. The number of primary amides is 1. The van der Waals surface area contributed by atoms with Crippen LogP contribution in [0.2, 0.25) is 5.02 Å². The fraction of sp³-hybridized carbons (Fsp3) is 0.448. The van der Waals surface area contributed by atoms with Gasteiger partial charge in [0.15, 0.2) is 6.17 Å². The second kappa shape index (κ2) is 11.9. The lowest BCUT2D eigenvalue weighted by Crippen LogP contribution is -2.59. The van der Waals surface area contributed by atoms with Gasteiger partial charge in [-0.05, 0) is 49.1 Å². The maximum atomic E-state index is 14.2. The molecule has 0 bridgehead atoms. The SMILES string of the molecule is NC(=O)[C@H]1N(CCN2CCOCC2)C(=O)C2(CCN(C(=O)[CH]Cc3ccc(Cl)cc3)CC2)N1c1ccccc1. The van der Waals surface area contributed by atoms with E-state index in [9.17, 15) is 14.4 Å². The molecule has 2 aromatic rings. The average molecular weight is 553 g/mol. The quantitative estimate of drug-likeness (QED) is 0.537. The van der Waals surface area contributed by atoms with Crippen LogP contribution in [0, 0.1) is 6.42 Å². The Morgan fingerprint density at radius 1 is 0.974 bits per heavy atom. The summed E-state index contributed by atoms with van der Waals surface area (Å²) in [7, 11) is 0. The number of para-hydroxylation sites is 1. The number of nitrogens with zero attached hydrogens (tertiary/aromatic N) is 4. The molecule has 1 atom stereocenters. The van der Waals surface area contributed by atoms with Gasteiger partial charge in [-0.1, -0.05) is 41.9 Å². The van der Waals surface area contributed by atoms with Crippen LogP contribution in [0.1, 0.15) is 18.4 Å². The molecule has 0 unspecified atom stereocenters. The van der Waals surface area contributed by atoms with Gasteiger partial charge in [-0.2, -0.15) is 0 Å². The molecule has 10 heteroatoms. The predicted molar refractivity (Wildman–Crippen MR) is 149 cm³/mol. The Bertz CT molecular complexity index is 1160. The van der Waals surface area contributed by atoms with Crippen molar-refractivity contribution in [3.63, 3.8) is 0 Å². The standard InChI is InChI=1S/C29H35ClN5O4/c30-23-9-6-22(7-10-23)8-11-25(36)33-14-12-29(13-15-33)28(38)34(17-16-32-18-20-39-21-19-32)27(26(31)37)35(29)24-4-2-1-3-5-24/h1-7,9-11,27H,8,12-21H2,(H2,31,37)/t27-/m0/s1. The second-order valence-corrected chi connectivity index (χ2v) is 10.8. The Labute approximate surface area is 234 Å². The van der Waals surface area contributed by atoms with Crippen LogP contribution in [0.15, 0.2) is 54.6 Å². The molecule has 0 saturated carbocycles. The zero-order valence-electron chi connectivity index (χ0n) is 22.0. The number of benzene rings is 2. The summed E-state index contributed by atoms with van der Waals surface area (Å²) in [6.07, 6.45) is 2.12. The second-order valence-electron chi connectivity index (χ2n) is 10.3. The smallest absolute Gasteiger partial charge is 0.261 e. The van der Waals surface area contributed by atoms with E-state index in [1.165, 1.54) is 0 Å². The van der Waals surface area contributed by atoms with Crippen molar-refractivity contribution in [1.29, 1.82) is 0 Å². The van der Waals surface area contributed by atoms with Crippen LogP contribution in [-0.4, -0.2) is 96.6 Å². The summed E-state index contributed by atoms with van der Waals surface area (Å²) in [4.78, 5) is 47.7. The van der Waals surface area contributed by atoms with Crippen LogP contribution in [-0.2, 0) is 25.5 Å². The number of rotatable bonds is 8. The summed E-state index contributed by atoms with van der Waals surface area (Å²) < 4.78 is 5.45. The van der Waals surface area contributed by atoms with E-state index in [2.05, 4.69) is 4.90 Å². The van der Waals surface area contributed by atoms with Crippen molar-refractivity contribution >= 4 is 35.0 Å². The van der Waals surface area contributed by atoms with Crippen molar-refractivity contribution in [3.05, 3.63) is 71.6 Å². The Kier molecular flexibility index (Phi) is 8.40. The molecular weight excluding hydrogens is 518 g/mol. The first-order valence-electron chi connectivity index (χ1n) is 13.5. The number of halogens is 1. The topological polar surface area (TPSA) is 99.4 Å². The van der Waals surface area contributed by atoms with Crippen molar-refractivity contribution in [2.24, 2.45) is 5.73 Å². The van der Waals surface area contributed by atoms with Gasteiger partial charge < -0.3 is 25.2 Å². The van der Waals surface area contributed by atoms with E-state index in [1.54, 1.807) is 16.2 Å². The van der Waals surface area contributed by atoms with E-state index in [4.69, 9.17) is 22.1 Å². The number of carbonyl (C=O) groups excluding carboxylic acids is 3. The van der Waals surface area contributed by atoms with Gasteiger partial charge in [0.2, 0.25) is 5.91 Å². The molecule has 1 spiro atoms. The van der Waals surface area contributed by atoms with Gasteiger partial charge in [0.25, 0.3) is 11.8 Å². The minimum atomic E-state index is -0.945. The van der Waals surface area contributed by atoms with E-state index in [0.717, 1.165) is 24.3 Å². The van der Waals surface area contributed by atoms with Gasteiger partial charge >= 0.3 is 0 Å². The molecule has 1 radical (unpaired) electrons. The van der Waals surface area contributed by atoms with Crippen molar-refractivity contribution < 1.29 is 19.1 Å². The molecule has 9 nitrogen and oxygen atoms in total. The number of piperidine rings is 1. The monoisotopic (exact) mass is 552 g/mol. The van der Waals surface area contributed by atoms with Crippen molar-refractivity contribution in [2.75, 3.05) is 57.4 Å². The van der Waals surface area contributed by atoms with E-state index in [-0.39, 0.29) is 11.8 Å². The maximum Gasteiger partial charge on any atom is 0.261 e. The van der Waals surface area contributed by atoms with Crippen molar-refractivity contribution in [3.8, 4) is 0 Å². The molecule has 207 valence electrons. The zero-order valence-corrected chi connectivity index (χ0v) is 22.8. The molecular formula is C29H35ClN5O4. The number of hydrogen-bond acceptors (Lipinski definition) is 6. The van der Waals surface area contributed by atoms with E-state index in [1.807, 2.05) is 59.5 Å². The number of ether oxygens (including phenoxy) is 1. The van der Waals surface area contributed by atoms with Crippen LogP contribution < -0.4 is 10.6 Å². The van der Waals surface area contributed by atoms with Crippen molar-refractivity contribution in [1.82, 2.24) is 14.7 Å². The molecule has 3 aliphatic heterocycles. The molecule has 3 saturated heterocycles. The molecule has 3 fully saturated rings. The van der Waals surface area contributed by atoms with Gasteiger partial charge in [0.1, 0.15) is 5.54 Å². The zero-order chi connectivity index (χ0) is 27.4. The number of morpholine rings is 1. The Morgan fingerprint density at radius 3 is 2.28 bits per heavy atom. The fourth-order valence-electron chi connectivity index (χ4n) is 5.92. The summed E-state index contributed by atoms with van der Waals surface area (Å²) >= 11 is 5.97. The highest BCUT2D eigenvalue weighted by atomic mass is 35.5. The van der Waals surface area contributed by atoms with Crippen LogP contribution in [0.4, 0.5) is 5.69 Å². The Balaban J connectivity index is 1.33. The van der Waals surface area contributed by atoms with Gasteiger partial charge in [-0.25, -0.2) is 0 Å². The van der Waals surface area contributed by atoms with Crippen LogP contribution in [0.25, 0.3) is 0 Å². The first-order chi connectivity index (χ1) is 18.9. The molecule has 0 aromatic heterocycles. The van der Waals surface area contributed by atoms with E-state index < -0.39 is 17.6 Å². The molecule has 39 heavy (non-hydrogen) atoms. The largest absolute Gasteiger partial charge is 0.379 e. The molecule has 3 amide bonds. The third-order valence-corrected chi connectivity index (χ3v) is 8.29. The first-order valence-corrected chi connectivity index (χ1v) is 13.9. The van der Waals surface area contributed by atoms with Gasteiger partial charge in [-0.15, -0.1) is 0 Å². The first kappa shape index (κ1) is 27.4. The van der Waals surface area contributed by atoms with Crippen LogP contribution >= 0.6 is 11.6 Å². The molecule has 3 aliphatic rings. The summed E-state index contributed by atoms with van der Waals surface area (Å²) in [6, 6.07) is 16.9. The summed E-state index contributed by atoms with van der Waals surface area (Å²) in [5, 5.41) is 0.656. The predicted octanol–water partition coefficient (Wildman–Crippen LogP) is 1.94. The minimum Gasteiger partial charge on any atom is -0.379 e. The highest BCUT2D eigenvalue weighted by Crippen LogP contribution is 2.42. The van der Waals surface area contributed by atoms with Crippen LogP contribution in [0.5, 0.6) is 0 Å². The lowest BCUT2D eigenvalue weighted by atomic mass is 9.85. The molecule has 0 aliphatic carbocycles. The lowest BCUT2D eigenvalue weighted by molar-refractivity contribution is -0.139. The lowest BCUT2D eigenvalue weighted by Gasteiger charge is -2.44. The Morgan fingerprint density at radius 2 is 1.64 bits per heavy atom. The fourth-order valence-corrected chi connectivity index (χ4v) is 6.04. The summed E-state index contributed by atoms with van der Waals surface area (Å²) in [6.45, 7) is 4.76. The number of anilines is 1. The normalized spacial score (nSPS) is 21.5. The average Bonchev–Trinajstić information content (AvgIpc) is 3.20. The molecule has 5 rings (SSSR count).